The normalized spacial score (nSPS) is 15.6. The highest BCUT2D eigenvalue weighted by Crippen LogP contribution is 2.32. The predicted molar refractivity (Wildman–Crippen MR) is 69.3 cm³/mol. The van der Waals surface area contributed by atoms with Crippen molar-refractivity contribution in [2.75, 3.05) is 0 Å². The van der Waals surface area contributed by atoms with Gasteiger partial charge in [-0.25, -0.2) is 4.79 Å². The summed E-state index contributed by atoms with van der Waals surface area (Å²) in [5, 5.41) is 11.1. The summed E-state index contributed by atoms with van der Waals surface area (Å²) in [5.74, 6) is -4.88. The third kappa shape index (κ3) is 3.24. The third-order valence-corrected chi connectivity index (χ3v) is 3.17. The molecule has 1 amide bonds. The number of nitrogens with one attached hydrogen (secondary N) is 1. The Morgan fingerprint density at radius 2 is 1.81 bits per heavy atom. The number of carboxylic acids is 1. The van der Waals surface area contributed by atoms with Gasteiger partial charge in [-0.05, 0) is 5.56 Å². The fourth-order valence-electron chi connectivity index (χ4n) is 1.95. The summed E-state index contributed by atoms with van der Waals surface area (Å²) in [6.45, 7) is 4.77. The summed E-state index contributed by atoms with van der Waals surface area (Å²) in [6.07, 6.45) is -4.01. The molecular formula is C14H14F3NO3. The Balaban J connectivity index is 3.44. The summed E-state index contributed by atoms with van der Waals surface area (Å²) in [6, 6.07) is 7.21. The zero-order valence-corrected chi connectivity index (χ0v) is 11.1. The van der Waals surface area contributed by atoms with Crippen molar-refractivity contribution < 1.29 is 27.9 Å². The van der Waals surface area contributed by atoms with Crippen molar-refractivity contribution in [3.63, 3.8) is 0 Å². The van der Waals surface area contributed by atoms with Crippen LogP contribution in [0.4, 0.5) is 13.2 Å². The molecule has 0 saturated heterocycles. The molecule has 0 spiro atoms. The van der Waals surface area contributed by atoms with Crippen molar-refractivity contribution in [3.8, 4) is 0 Å². The second kappa shape index (κ2) is 5.99. The van der Waals surface area contributed by atoms with Gasteiger partial charge in [0, 0.05) is 5.92 Å². The Morgan fingerprint density at radius 1 is 1.29 bits per heavy atom. The molecule has 2 N–H and O–H groups in total. The first-order valence-electron chi connectivity index (χ1n) is 5.97. The molecule has 4 nitrogen and oxygen atoms in total. The number of benzene rings is 1. The van der Waals surface area contributed by atoms with E-state index in [9.17, 15) is 27.9 Å². The molecule has 1 aromatic rings. The zero-order valence-electron chi connectivity index (χ0n) is 11.1. The van der Waals surface area contributed by atoms with Gasteiger partial charge in [0.2, 0.25) is 0 Å². The number of carbonyl (C=O) groups excluding carboxylic acids is 1. The van der Waals surface area contributed by atoms with Crippen LogP contribution in [0.3, 0.4) is 0 Å². The predicted octanol–water partition coefficient (Wildman–Crippen LogP) is 2.47. The maximum atomic E-state index is 12.5. The van der Waals surface area contributed by atoms with Crippen LogP contribution in [0.5, 0.6) is 0 Å². The summed E-state index contributed by atoms with van der Waals surface area (Å²) >= 11 is 0. The first-order chi connectivity index (χ1) is 9.66. The van der Waals surface area contributed by atoms with Crippen LogP contribution in [0, 0.1) is 5.92 Å². The Kier molecular flexibility index (Phi) is 4.77. The van der Waals surface area contributed by atoms with Crippen molar-refractivity contribution in [1.29, 1.82) is 0 Å². The fourth-order valence-corrected chi connectivity index (χ4v) is 1.95. The molecule has 21 heavy (non-hydrogen) atoms. The highest BCUT2D eigenvalue weighted by atomic mass is 19.4. The summed E-state index contributed by atoms with van der Waals surface area (Å²) in [4.78, 5) is 22.9. The van der Waals surface area contributed by atoms with Gasteiger partial charge in [0.15, 0.2) is 5.54 Å². The number of carbonyl (C=O) groups is 2. The fraction of sp³-hybridized carbons (Fsp3) is 0.286. The van der Waals surface area contributed by atoms with E-state index in [1.165, 1.54) is 37.3 Å². The molecular weight excluding hydrogens is 287 g/mol. The summed E-state index contributed by atoms with van der Waals surface area (Å²) in [7, 11) is 0. The Hall–Kier alpha value is -2.31. The number of hydrogen-bond donors (Lipinski definition) is 2. The van der Waals surface area contributed by atoms with E-state index in [0.29, 0.717) is 0 Å². The third-order valence-electron chi connectivity index (χ3n) is 3.17. The first kappa shape index (κ1) is 16.7. The number of halogens is 3. The van der Waals surface area contributed by atoms with Crippen LogP contribution in [0.1, 0.15) is 12.5 Å². The smallest absolute Gasteiger partial charge is 0.471 e. The van der Waals surface area contributed by atoms with Gasteiger partial charge < -0.3 is 10.4 Å². The van der Waals surface area contributed by atoms with Gasteiger partial charge in [-0.1, -0.05) is 43.3 Å². The molecule has 0 aliphatic rings. The molecule has 0 saturated carbocycles. The van der Waals surface area contributed by atoms with E-state index in [4.69, 9.17) is 0 Å². The number of alkyl halides is 3. The van der Waals surface area contributed by atoms with Crippen LogP contribution in [0.15, 0.2) is 43.0 Å². The van der Waals surface area contributed by atoms with Crippen LogP contribution in [0.25, 0.3) is 0 Å². The molecule has 0 radical (unpaired) electrons. The molecule has 0 aliphatic carbocycles. The number of aliphatic carboxylic acids is 1. The SMILES string of the molecule is C=C[C@@H](C)[C@](NC(=O)C(F)(F)F)(C(=O)O)c1ccccc1. The van der Waals surface area contributed by atoms with Crippen molar-refractivity contribution in [3.05, 3.63) is 48.6 Å². The van der Waals surface area contributed by atoms with Gasteiger partial charge in [0.05, 0.1) is 0 Å². The minimum atomic E-state index is -5.18. The summed E-state index contributed by atoms with van der Waals surface area (Å²) < 4.78 is 37.5. The standard InChI is InChI=1S/C14H14F3NO3/c1-3-9(2)13(12(20)21,10-7-5-4-6-8-10)18-11(19)14(15,16)17/h3-9H,1H2,2H3,(H,18,19)(H,20,21)/t9-,13-/m1/s1. The maximum absolute atomic E-state index is 12.5. The van der Waals surface area contributed by atoms with Crippen LogP contribution in [0.2, 0.25) is 0 Å². The summed E-state index contributed by atoms with van der Waals surface area (Å²) in [5.41, 5.74) is -2.21. The van der Waals surface area contributed by atoms with Crippen molar-refractivity contribution in [2.24, 2.45) is 5.92 Å². The average Bonchev–Trinajstić information content (AvgIpc) is 2.43. The molecule has 1 rings (SSSR count). The van der Waals surface area contributed by atoms with E-state index in [1.807, 2.05) is 0 Å². The molecule has 114 valence electrons. The molecule has 0 bridgehead atoms. The van der Waals surface area contributed by atoms with Crippen LogP contribution in [-0.2, 0) is 15.1 Å². The molecule has 0 aromatic heterocycles. The van der Waals surface area contributed by atoms with E-state index in [2.05, 4.69) is 6.58 Å². The molecule has 2 atom stereocenters. The van der Waals surface area contributed by atoms with Crippen LogP contribution >= 0.6 is 0 Å². The number of carboxylic acid groups (broad SMARTS) is 1. The lowest BCUT2D eigenvalue weighted by atomic mass is 9.78. The quantitative estimate of drug-likeness (QED) is 0.821. The Labute approximate surface area is 119 Å². The second-order valence-corrected chi connectivity index (χ2v) is 4.46. The minimum Gasteiger partial charge on any atom is -0.479 e. The van der Waals surface area contributed by atoms with Gasteiger partial charge >= 0.3 is 18.1 Å². The van der Waals surface area contributed by atoms with E-state index >= 15 is 0 Å². The Morgan fingerprint density at radius 3 is 2.19 bits per heavy atom. The van der Waals surface area contributed by atoms with Gasteiger partial charge in [-0.2, -0.15) is 13.2 Å². The minimum absolute atomic E-state index is 0.0301. The van der Waals surface area contributed by atoms with Gasteiger partial charge in [-0.3, -0.25) is 4.79 Å². The van der Waals surface area contributed by atoms with Crippen molar-refractivity contribution in [1.82, 2.24) is 5.32 Å². The second-order valence-electron chi connectivity index (χ2n) is 4.46. The lowest BCUT2D eigenvalue weighted by molar-refractivity contribution is -0.178. The molecule has 0 unspecified atom stereocenters. The number of amides is 1. The lowest BCUT2D eigenvalue weighted by Crippen LogP contribution is -2.58. The molecule has 1 aromatic carbocycles. The van der Waals surface area contributed by atoms with Gasteiger partial charge in [0.1, 0.15) is 0 Å². The zero-order chi connectivity index (χ0) is 16.3. The van der Waals surface area contributed by atoms with Crippen molar-refractivity contribution >= 4 is 11.9 Å². The van der Waals surface area contributed by atoms with Crippen LogP contribution < -0.4 is 5.32 Å². The molecule has 0 heterocycles. The molecule has 0 aliphatic heterocycles. The van der Waals surface area contributed by atoms with E-state index < -0.39 is 29.5 Å². The highest BCUT2D eigenvalue weighted by molar-refractivity contribution is 5.91. The Bertz CT molecular complexity index is 542. The van der Waals surface area contributed by atoms with E-state index in [-0.39, 0.29) is 5.56 Å². The van der Waals surface area contributed by atoms with Gasteiger partial charge in [-0.15, -0.1) is 6.58 Å². The number of rotatable bonds is 5. The van der Waals surface area contributed by atoms with E-state index in [1.54, 1.807) is 11.4 Å². The average molecular weight is 301 g/mol. The largest absolute Gasteiger partial charge is 0.479 e. The van der Waals surface area contributed by atoms with Crippen molar-refractivity contribution in [2.45, 2.75) is 18.6 Å². The van der Waals surface area contributed by atoms with Gasteiger partial charge in [0.25, 0.3) is 0 Å². The topological polar surface area (TPSA) is 66.4 Å². The maximum Gasteiger partial charge on any atom is 0.471 e. The van der Waals surface area contributed by atoms with E-state index in [0.717, 1.165) is 0 Å². The van der Waals surface area contributed by atoms with Crippen LogP contribution in [-0.4, -0.2) is 23.2 Å². The molecule has 7 heteroatoms. The number of hydrogen-bond acceptors (Lipinski definition) is 2. The highest BCUT2D eigenvalue weighted by Gasteiger charge is 2.51. The first-order valence-corrected chi connectivity index (χ1v) is 5.97. The molecule has 0 fully saturated rings. The monoisotopic (exact) mass is 301 g/mol. The lowest BCUT2D eigenvalue weighted by Gasteiger charge is -2.35.